The van der Waals surface area contributed by atoms with Crippen LogP contribution in [0.5, 0.6) is 0 Å². The number of thiazole rings is 2. The number of carbonyl (C=O) groups excluding carboxylic acids is 1. The molecule has 0 saturated carbocycles. The lowest BCUT2D eigenvalue weighted by Gasteiger charge is -2.04. The molecule has 0 saturated heterocycles. The van der Waals surface area contributed by atoms with E-state index < -0.39 is 0 Å². The zero-order valence-electron chi connectivity index (χ0n) is 16.5. The third-order valence-corrected chi connectivity index (χ3v) is 7.34. The Balaban J connectivity index is 1.45. The predicted molar refractivity (Wildman–Crippen MR) is 130 cm³/mol. The predicted octanol–water partition coefficient (Wildman–Crippen LogP) is 5.56. The number of hydrogen-bond acceptors (Lipinski definition) is 8. The lowest BCUT2D eigenvalue weighted by Crippen LogP contribution is -2.11. The number of rotatable bonds is 8. The first kappa shape index (κ1) is 21.6. The average molecular weight is 487 g/mol. The first-order chi connectivity index (χ1) is 15.0. The number of carbonyl (C=O) groups is 1. The topological polar surface area (TPSA) is 88.5 Å². The Morgan fingerprint density at radius 3 is 2.90 bits per heavy atom. The molecule has 0 aliphatic rings. The van der Waals surface area contributed by atoms with Gasteiger partial charge in [0.05, 0.1) is 21.8 Å². The fourth-order valence-corrected chi connectivity index (χ4v) is 5.42. The van der Waals surface area contributed by atoms with Gasteiger partial charge in [-0.15, -0.1) is 29.7 Å². The molecule has 3 heterocycles. The number of nitrogens with one attached hydrogen (secondary N) is 2. The van der Waals surface area contributed by atoms with Crippen LogP contribution < -0.4 is 5.32 Å². The van der Waals surface area contributed by atoms with E-state index >= 15 is 0 Å². The van der Waals surface area contributed by atoms with Crippen LogP contribution in [0.25, 0.3) is 10.7 Å². The van der Waals surface area contributed by atoms with Crippen LogP contribution in [0.15, 0.2) is 52.7 Å². The van der Waals surface area contributed by atoms with Crippen LogP contribution in [0.1, 0.15) is 21.7 Å². The summed E-state index contributed by atoms with van der Waals surface area (Å²) in [6, 6.07) is 7.51. The maximum atomic E-state index is 12.7. The van der Waals surface area contributed by atoms with Gasteiger partial charge in [-0.05, 0) is 43.4 Å². The van der Waals surface area contributed by atoms with E-state index in [1.54, 1.807) is 29.2 Å². The van der Waals surface area contributed by atoms with Crippen LogP contribution in [0.4, 0.5) is 5.13 Å². The van der Waals surface area contributed by atoms with E-state index in [4.69, 9.17) is 12.2 Å². The van der Waals surface area contributed by atoms with Gasteiger partial charge in [0.2, 0.25) is 0 Å². The summed E-state index contributed by atoms with van der Waals surface area (Å²) in [7, 11) is 0. The van der Waals surface area contributed by atoms with Gasteiger partial charge in [-0.2, -0.15) is 5.10 Å². The molecule has 7 nitrogen and oxygen atoms in total. The maximum Gasteiger partial charge on any atom is 0.257 e. The molecule has 0 aliphatic carbocycles. The average Bonchev–Trinajstić information content (AvgIpc) is 3.49. The van der Waals surface area contributed by atoms with Gasteiger partial charge < -0.3 is 0 Å². The molecule has 0 fully saturated rings. The number of thioether (sulfide) groups is 1. The van der Waals surface area contributed by atoms with E-state index in [1.165, 1.54) is 11.3 Å². The molecular weight excluding hydrogens is 469 g/mol. The normalized spacial score (nSPS) is 10.9. The number of nitrogens with zero attached hydrogens (tertiary/aromatic N) is 4. The van der Waals surface area contributed by atoms with E-state index in [0.29, 0.717) is 27.8 Å². The second-order valence-corrected chi connectivity index (χ2v) is 9.59. The minimum absolute atomic E-state index is 0.207. The van der Waals surface area contributed by atoms with Crippen molar-refractivity contribution in [3.05, 3.63) is 69.5 Å². The molecule has 0 atom stereocenters. The number of aryl methyl sites for hydroxylation is 1. The SMILES string of the molecule is C=CCn1c(-c2sc(NC(=O)c3ccc(SCc4cscn4)cc3)nc2C)n[nH]c1=S. The van der Waals surface area contributed by atoms with Crippen molar-refractivity contribution in [1.82, 2.24) is 24.7 Å². The lowest BCUT2D eigenvalue weighted by molar-refractivity contribution is 0.102. The second kappa shape index (κ2) is 9.69. The highest BCUT2D eigenvalue weighted by molar-refractivity contribution is 7.98. The molecule has 31 heavy (non-hydrogen) atoms. The monoisotopic (exact) mass is 486 g/mol. The minimum atomic E-state index is -0.207. The third-order valence-electron chi connectivity index (χ3n) is 4.28. The molecular formula is C20H18N6OS4. The van der Waals surface area contributed by atoms with E-state index in [0.717, 1.165) is 26.9 Å². The number of aromatic nitrogens is 5. The van der Waals surface area contributed by atoms with Crippen LogP contribution in [-0.4, -0.2) is 30.6 Å². The fourth-order valence-electron chi connectivity index (χ4n) is 2.78. The molecule has 11 heteroatoms. The largest absolute Gasteiger partial charge is 0.298 e. The number of hydrogen-bond donors (Lipinski definition) is 2. The van der Waals surface area contributed by atoms with Crippen molar-refractivity contribution in [2.75, 3.05) is 5.32 Å². The maximum absolute atomic E-state index is 12.7. The summed E-state index contributed by atoms with van der Waals surface area (Å²) >= 11 is 9.92. The molecule has 1 amide bonds. The van der Waals surface area contributed by atoms with E-state index in [1.807, 2.05) is 46.6 Å². The van der Waals surface area contributed by atoms with Crippen molar-refractivity contribution in [3.8, 4) is 10.7 Å². The van der Waals surface area contributed by atoms with E-state index in [2.05, 4.69) is 32.1 Å². The molecule has 158 valence electrons. The number of anilines is 1. The lowest BCUT2D eigenvalue weighted by atomic mass is 10.2. The second-order valence-electron chi connectivity index (χ2n) is 6.43. The van der Waals surface area contributed by atoms with E-state index in [-0.39, 0.29) is 5.91 Å². The molecule has 0 radical (unpaired) electrons. The van der Waals surface area contributed by atoms with Crippen molar-refractivity contribution in [3.63, 3.8) is 0 Å². The zero-order valence-corrected chi connectivity index (χ0v) is 19.8. The first-order valence-corrected chi connectivity index (χ1v) is 12.4. The van der Waals surface area contributed by atoms with Crippen molar-refractivity contribution >= 4 is 57.7 Å². The number of benzene rings is 1. The van der Waals surface area contributed by atoms with Crippen molar-refractivity contribution in [2.45, 2.75) is 24.1 Å². The summed E-state index contributed by atoms with van der Waals surface area (Å²) < 4.78 is 2.36. The van der Waals surface area contributed by atoms with Crippen LogP contribution in [0, 0.1) is 11.7 Å². The molecule has 1 aromatic carbocycles. The van der Waals surface area contributed by atoms with Gasteiger partial charge in [-0.3, -0.25) is 19.8 Å². The van der Waals surface area contributed by atoms with Gasteiger partial charge in [0, 0.05) is 28.1 Å². The van der Waals surface area contributed by atoms with Crippen molar-refractivity contribution in [2.24, 2.45) is 0 Å². The van der Waals surface area contributed by atoms with E-state index in [9.17, 15) is 4.79 Å². The van der Waals surface area contributed by atoms with Gasteiger partial charge in [-0.1, -0.05) is 17.4 Å². The molecule has 0 bridgehead atoms. The summed E-state index contributed by atoms with van der Waals surface area (Å²) in [5.74, 6) is 1.28. The van der Waals surface area contributed by atoms with Crippen LogP contribution in [-0.2, 0) is 12.3 Å². The van der Waals surface area contributed by atoms with Crippen LogP contribution >= 0.6 is 46.7 Å². The van der Waals surface area contributed by atoms with Crippen molar-refractivity contribution in [1.29, 1.82) is 0 Å². The Morgan fingerprint density at radius 1 is 1.39 bits per heavy atom. The Hall–Kier alpha value is -2.60. The quantitative estimate of drug-likeness (QED) is 0.193. The number of allylic oxidation sites excluding steroid dienone is 1. The van der Waals surface area contributed by atoms with Crippen LogP contribution in [0.2, 0.25) is 0 Å². The van der Waals surface area contributed by atoms with Gasteiger partial charge in [0.15, 0.2) is 15.7 Å². The van der Waals surface area contributed by atoms with Gasteiger partial charge in [-0.25, -0.2) is 9.97 Å². The standard InChI is InChI=1S/C20H18N6OS4/c1-3-8-26-17(24-25-20(26)28)16-12(2)22-19(31-16)23-18(27)13-4-6-15(7-5-13)30-10-14-9-29-11-21-14/h3-7,9,11H,1,8,10H2,2H3,(H,25,28)(H,22,23,27). The summed E-state index contributed by atoms with van der Waals surface area (Å²) in [5.41, 5.74) is 4.23. The number of aromatic amines is 1. The Kier molecular flexibility index (Phi) is 6.76. The Bertz CT molecular complexity index is 1250. The molecule has 4 rings (SSSR count). The zero-order chi connectivity index (χ0) is 21.8. The fraction of sp³-hybridized carbons (Fsp3) is 0.150. The summed E-state index contributed by atoms with van der Waals surface area (Å²) in [4.78, 5) is 23.4. The van der Waals surface area contributed by atoms with Crippen LogP contribution in [0.3, 0.4) is 0 Å². The Morgan fingerprint density at radius 2 is 2.19 bits per heavy atom. The molecule has 0 unspecified atom stereocenters. The molecule has 2 N–H and O–H groups in total. The third kappa shape index (κ3) is 5.01. The first-order valence-electron chi connectivity index (χ1n) is 9.20. The number of H-pyrrole nitrogens is 1. The highest BCUT2D eigenvalue weighted by Crippen LogP contribution is 2.32. The van der Waals surface area contributed by atoms with Gasteiger partial charge in [0.25, 0.3) is 5.91 Å². The molecule has 4 aromatic rings. The summed E-state index contributed by atoms with van der Waals surface area (Å²) in [5, 5.41) is 12.5. The Labute approximate surface area is 196 Å². The summed E-state index contributed by atoms with van der Waals surface area (Å²) in [6.45, 7) is 6.18. The summed E-state index contributed by atoms with van der Waals surface area (Å²) in [6.07, 6.45) is 1.76. The molecule has 0 spiro atoms. The number of amides is 1. The van der Waals surface area contributed by atoms with Gasteiger partial charge in [0.1, 0.15) is 0 Å². The molecule has 3 aromatic heterocycles. The molecule has 0 aliphatic heterocycles. The van der Waals surface area contributed by atoms with Crippen molar-refractivity contribution < 1.29 is 4.79 Å². The smallest absolute Gasteiger partial charge is 0.257 e. The highest BCUT2D eigenvalue weighted by Gasteiger charge is 2.17. The van der Waals surface area contributed by atoms with Gasteiger partial charge >= 0.3 is 0 Å². The highest BCUT2D eigenvalue weighted by atomic mass is 32.2. The minimum Gasteiger partial charge on any atom is -0.298 e.